The van der Waals surface area contributed by atoms with Crippen LogP contribution in [0.5, 0.6) is 0 Å². The highest BCUT2D eigenvalue weighted by Gasteiger charge is 2.20. The fraction of sp³-hybridized carbons (Fsp3) is 0.412. The molecule has 3 rings (SSSR count). The van der Waals surface area contributed by atoms with Crippen LogP contribution in [0.4, 0.5) is 0 Å². The maximum absolute atomic E-state index is 12.4. The van der Waals surface area contributed by atoms with Crippen LogP contribution >= 0.6 is 0 Å². The van der Waals surface area contributed by atoms with Gasteiger partial charge in [-0.15, -0.1) is 0 Å². The summed E-state index contributed by atoms with van der Waals surface area (Å²) >= 11 is 0. The smallest absolute Gasteiger partial charge is 0.289 e. The number of carbonyl (C=O) groups excluding carboxylic acids is 1. The fourth-order valence-corrected chi connectivity index (χ4v) is 2.77. The molecule has 1 fully saturated rings. The van der Waals surface area contributed by atoms with Crippen molar-refractivity contribution in [2.24, 2.45) is 0 Å². The monoisotopic (exact) mass is 300 g/mol. The molecule has 1 amide bonds. The van der Waals surface area contributed by atoms with Crippen LogP contribution < -0.4 is 5.56 Å². The van der Waals surface area contributed by atoms with Gasteiger partial charge >= 0.3 is 0 Å². The van der Waals surface area contributed by atoms with Crippen LogP contribution in [-0.4, -0.2) is 28.5 Å². The number of pyridine rings is 1. The minimum Gasteiger partial charge on any atom is -0.454 e. The largest absolute Gasteiger partial charge is 0.454 e. The van der Waals surface area contributed by atoms with E-state index in [9.17, 15) is 9.59 Å². The number of furan rings is 1. The van der Waals surface area contributed by atoms with Crippen LogP contribution in [-0.2, 0) is 6.54 Å². The molecule has 0 aromatic carbocycles. The summed E-state index contributed by atoms with van der Waals surface area (Å²) in [4.78, 5) is 26.0. The Bertz CT molecular complexity index is 694. The quantitative estimate of drug-likeness (QED) is 0.875. The van der Waals surface area contributed by atoms with Crippen molar-refractivity contribution >= 4 is 5.91 Å². The number of likely N-dealkylation sites (tertiary alicyclic amines) is 1. The number of nitrogens with zero attached hydrogens (tertiary/aromatic N) is 2. The molecule has 3 heterocycles. The lowest BCUT2D eigenvalue weighted by molar-refractivity contribution is 0.0727. The third-order valence-electron chi connectivity index (χ3n) is 3.99. The van der Waals surface area contributed by atoms with Crippen molar-refractivity contribution in [2.45, 2.75) is 32.2 Å². The number of hydrogen-bond donors (Lipinski definition) is 0. The first-order valence-corrected chi connectivity index (χ1v) is 7.77. The Morgan fingerprint density at radius 1 is 1.05 bits per heavy atom. The molecule has 0 saturated carbocycles. The number of hydrogen-bond acceptors (Lipinski definition) is 3. The zero-order valence-electron chi connectivity index (χ0n) is 12.5. The predicted octanol–water partition coefficient (Wildman–Crippen LogP) is 2.51. The number of aromatic nitrogens is 1. The molecule has 0 unspecified atom stereocenters. The van der Waals surface area contributed by atoms with Gasteiger partial charge in [0.25, 0.3) is 11.5 Å². The molecule has 1 aliphatic heterocycles. The lowest BCUT2D eigenvalue weighted by Crippen LogP contribution is -2.31. The van der Waals surface area contributed by atoms with E-state index in [-0.39, 0.29) is 11.5 Å². The van der Waals surface area contributed by atoms with Crippen molar-refractivity contribution in [3.63, 3.8) is 0 Å². The van der Waals surface area contributed by atoms with Gasteiger partial charge in [-0.1, -0.05) is 18.9 Å². The second kappa shape index (κ2) is 6.64. The average Bonchev–Trinajstić information content (AvgIpc) is 2.82. The second-order valence-electron chi connectivity index (χ2n) is 5.64. The Hall–Kier alpha value is -2.30. The topological polar surface area (TPSA) is 55.5 Å². The molecular weight excluding hydrogens is 280 g/mol. The van der Waals surface area contributed by atoms with E-state index in [0.717, 1.165) is 25.9 Å². The first-order chi connectivity index (χ1) is 10.7. The Kier molecular flexibility index (Phi) is 4.42. The van der Waals surface area contributed by atoms with Gasteiger partial charge in [0.15, 0.2) is 5.76 Å². The van der Waals surface area contributed by atoms with Crippen molar-refractivity contribution < 1.29 is 9.21 Å². The Balaban J connectivity index is 1.71. The summed E-state index contributed by atoms with van der Waals surface area (Å²) in [5.74, 6) is 0.931. The Labute approximate surface area is 129 Å². The standard InChI is InChI=1S/C17H20N2O3/c20-16-7-3-6-12-19(16)13-14-8-9-15(22-14)17(21)18-10-4-1-2-5-11-18/h3,6-9,12H,1-2,4-5,10-11,13H2. The van der Waals surface area contributed by atoms with Crippen molar-refractivity contribution in [3.8, 4) is 0 Å². The van der Waals surface area contributed by atoms with Crippen molar-refractivity contribution in [3.05, 3.63) is 58.4 Å². The molecule has 0 bridgehead atoms. The van der Waals surface area contributed by atoms with Gasteiger partial charge in [0, 0.05) is 25.4 Å². The molecule has 1 aliphatic rings. The summed E-state index contributed by atoms with van der Waals surface area (Å²) in [6.07, 6.45) is 6.19. The normalized spacial score (nSPS) is 15.5. The molecule has 0 N–H and O–H groups in total. The zero-order chi connectivity index (χ0) is 15.4. The predicted molar refractivity (Wildman–Crippen MR) is 82.9 cm³/mol. The van der Waals surface area contributed by atoms with Crippen molar-refractivity contribution in [1.29, 1.82) is 0 Å². The number of carbonyl (C=O) groups is 1. The molecular formula is C17H20N2O3. The first kappa shape index (κ1) is 14.6. The van der Waals surface area contributed by atoms with E-state index >= 15 is 0 Å². The maximum atomic E-state index is 12.4. The van der Waals surface area contributed by atoms with Crippen LogP contribution in [0.25, 0.3) is 0 Å². The number of rotatable bonds is 3. The lowest BCUT2D eigenvalue weighted by Gasteiger charge is -2.18. The van der Waals surface area contributed by atoms with Crippen LogP contribution in [0.15, 0.2) is 45.7 Å². The molecule has 0 atom stereocenters. The third-order valence-corrected chi connectivity index (χ3v) is 3.99. The van der Waals surface area contributed by atoms with E-state index in [4.69, 9.17) is 4.42 Å². The van der Waals surface area contributed by atoms with Crippen LogP contribution in [0.2, 0.25) is 0 Å². The Morgan fingerprint density at radius 2 is 1.82 bits per heavy atom. The van der Waals surface area contributed by atoms with E-state index in [1.165, 1.54) is 18.9 Å². The summed E-state index contributed by atoms with van der Waals surface area (Å²) in [6, 6.07) is 8.48. The van der Waals surface area contributed by atoms with Crippen molar-refractivity contribution in [2.75, 3.05) is 13.1 Å². The summed E-state index contributed by atoms with van der Waals surface area (Å²) in [6.45, 7) is 1.94. The zero-order valence-corrected chi connectivity index (χ0v) is 12.5. The third kappa shape index (κ3) is 3.30. The summed E-state index contributed by atoms with van der Waals surface area (Å²) in [7, 11) is 0. The van der Waals surface area contributed by atoms with E-state index in [1.807, 2.05) is 4.90 Å². The van der Waals surface area contributed by atoms with E-state index < -0.39 is 0 Å². The van der Waals surface area contributed by atoms with Gasteiger partial charge in [-0.05, 0) is 31.0 Å². The van der Waals surface area contributed by atoms with Gasteiger partial charge in [-0.2, -0.15) is 0 Å². The van der Waals surface area contributed by atoms with Crippen LogP contribution in [0.3, 0.4) is 0 Å². The SMILES string of the molecule is O=C(c1ccc(Cn2ccccc2=O)o1)N1CCCCCC1. The van der Waals surface area contributed by atoms with Gasteiger partial charge in [-0.3, -0.25) is 9.59 Å². The molecule has 2 aromatic rings. The van der Waals surface area contributed by atoms with E-state index in [1.54, 1.807) is 35.0 Å². The van der Waals surface area contributed by atoms with E-state index in [0.29, 0.717) is 18.1 Å². The van der Waals surface area contributed by atoms with Crippen LogP contribution in [0.1, 0.15) is 42.0 Å². The minimum absolute atomic E-state index is 0.0476. The molecule has 1 saturated heterocycles. The molecule has 22 heavy (non-hydrogen) atoms. The van der Waals surface area contributed by atoms with Crippen molar-refractivity contribution in [1.82, 2.24) is 9.47 Å². The van der Waals surface area contributed by atoms with Gasteiger partial charge in [0.1, 0.15) is 5.76 Å². The highest BCUT2D eigenvalue weighted by Crippen LogP contribution is 2.16. The Morgan fingerprint density at radius 3 is 2.55 bits per heavy atom. The van der Waals surface area contributed by atoms with Gasteiger partial charge in [0.05, 0.1) is 6.54 Å². The van der Waals surface area contributed by atoms with Gasteiger partial charge < -0.3 is 13.9 Å². The summed E-state index contributed by atoms with van der Waals surface area (Å²) in [5, 5.41) is 0. The molecule has 5 nitrogen and oxygen atoms in total. The minimum atomic E-state index is -0.0840. The molecule has 0 radical (unpaired) electrons. The fourth-order valence-electron chi connectivity index (χ4n) is 2.77. The molecule has 0 aliphatic carbocycles. The molecule has 116 valence electrons. The summed E-state index contributed by atoms with van der Waals surface area (Å²) in [5.41, 5.74) is -0.0840. The maximum Gasteiger partial charge on any atom is 0.289 e. The van der Waals surface area contributed by atoms with Gasteiger partial charge in [-0.25, -0.2) is 0 Å². The van der Waals surface area contributed by atoms with Gasteiger partial charge in [0.2, 0.25) is 0 Å². The second-order valence-corrected chi connectivity index (χ2v) is 5.64. The highest BCUT2D eigenvalue weighted by molar-refractivity contribution is 5.91. The summed E-state index contributed by atoms with van der Waals surface area (Å²) < 4.78 is 7.20. The highest BCUT2D eigenvalue weighted by atomic mass is 16.4. The van der Waals surface area contributed by atoms with E-state index in [2.05, 4.69) is 0 Å². The average molecular weight is 300 g/mol. The molecule has 2 aromatic heterocycles. The van der Waals surface area contributed by atoms with Crippen LogP contribution in [0, 0.1) is 0 Å². The first-order valence-electron chi connectivity index (χ1n) is 7.77. The lowest BCUT2D eigenvalue weighted by atomic mass is 10.2. The number of amides is 1. The molecule has 5 heteroatoms. The molecule has 0 spiro atoms.